The van der Waals surface area contributed by atoms with Crippen LogP contribution in [0.1, 0.15) is 18.4 Å². The second-order valence-corrected chi connectivity index (χ2v) is 5.16. The molecule has 114 valence electrons. The number of carbonyl (C=O) groups is 2. The summed E-state index contributed by atoms with van der Waals surface area (Å²) in [5.74, 6) is -0.468. The highest BCUT2D eigenvalue weighted by Crippen LogP contribution is 2.10. The number of hydrogen-bond acceptors (Lipinski definition) is 6. The second-order valence-electron chi connectivity index (χ2n) is 4.27. The Kier molecular flexibility index (Phi) is 5.61. The molecule has 0 spiro atoms. The summed E-state index contributed by atoms with van der Waals surface area (Å²) in [6.07, 6.45) is 3.13. The van der Waals surface area contributed by atoms with E-state index in [1.165, 1.54) is 29.7 Å². The number of phenols is 1. The van der Waals surface area contributed by atoms with E-state index in [9.17, 15) is 9.59 Å². The van der Waals surface area contributed by atoms with Gasteiger partial charge in [0.1, 0.15) is 5.75 Å². The van der Waals surface area contributed by atoms with Crippen LogP contribution in [0.15, 0.2) is 40.9 Å². The smallest absolute Gasteiger partial charge is 0.240 e. The first-order valence-electron chi connectivity index (χ1n) is 6.44. The standard InChI is InChI=1S/C14H14N4O3S/c19-11-3-1-10(2-4-11)9-16-18-13(21)6-5-12(20)17-14-15-7-8-22-14/h1-4,7-9,19H,5-6H2,(H,18,21)(H,15,17,20)/b16-9+. The number of phenolic OH excluding ortho intramolecular Hbond substituents is 1. The lowest BCUT2D eigenvalue weighted by Crippen LogP contribution is -2.20. The lowest BCUT2D eigenvalue weighted by Gasteiger charge is -2.01. The molecular weight excluding hydrogens is 304 g/mol. The summed E-state index contributed by atoms with van der Waals surface area (Å²) in [5, 5.41) is 17.8. The molecule has 2 aromatic rings. The summed E-state index contributed by atoms with van der Waals surface area (Å²) < 4.78 is 0. The predicted octanol–water partition coefficient (Wildman–Crippen LogP) is 1.72. The largest absolute Gasteiger partial charge is 0.508 e. The van der Waals surface area contributed by atoms with E-state index in [0.29, 0.717) is 5.13 Å². The fraction of sp³-hybridized carbons (Fsp3) is 0.143. The van der Waals surface area contributed by atoms with Crippen LogP contribution >= 0.6 is 11.3 Å². The maximum atomic E-state index is 11.6. The zero-order chi connectivity index (χ0) is 15.8. The van der Waals surface area contributed by atoms with Gasteiger partial charge in [-0.1, -0.05) is 0 Å². The monoisotopic (exact) mass is 318 g/mol. The maximum absolute atomic E-state index is 11.6. The molecule has 0 bridgehead atoms. The van der Waals surface area contributed by atoms with Gasteiger partial charge >= 0.3 is 0 Å². The number of carbonyl (C=O) groups excluding carboxylic acids is 2. The van der Waals surface area contributed by atoms with Gasteiger partial charge < -0.3 is 10.4 Å². The van der Waals surface area contributed by atoms with Crippen LogP contribution < -0.4 is 10.7 Å². The van der Waals surface area contributed by atoms with Gasteiger partial charge in [0.05, 0.1) is 6.21 Å². The van der Waals surface area contributed by atoms with E-state index in [-0.39, 0.29) is 30.4 Å². The summed E-state index contributed by atoms with van der Waals surface area (Å²) in [6.45, 7) is 0. The van der Waals surface area contributed by atoms with Crippen LogP contribution in [0, 0.1) is 0 Å². The molecule has 0 unspecified atom stereocenters. The van der Waals surface area contributed by atoms with Gasteiger partial charge in [-0.2, -0.15) is 5.10 Å². The Morgan fingerprint density at radius 2 is 1.95 bits per heavy atom. The Bertz CT molecular complexity index is 653. The Labute approximate surface area is 130 Å². The first-order valence-corrected chi connectivity index (χ1v) is 7.32. The van der Waals surface area contributed by atoms with E-state index in [0.717, 1.165) is 5.56 Å². The number of thiazole rings is 1. The van der Waals surface area contributed by atoms with Gasteiger partial charge in [-0.15, -0.1) is 11.3 Å². The predicted molar refractivity (Wildman–Crippen MR) is 83.8 cm³/mol. The van der Waals surface area contributed by atoms with Gasteiger partial charge in [0, 0.05) is 24.4 Å². The van der Waals surface area contributed by atoms with Crippen LogP contribution in [0.3, 0.4) is 0 Å². The third kappa shape index (κ3) is 5.33. The van der Waals surface area contributed by atoms with E-state index in [2.05, 4.69) is 20.8 Å². The van der Waals surface area contributed by atoms with Crippen molar-refractivity contribution in [2.45, 2.75) is 12.8 Å². The number of aromatic hydroxyl groups is 1. The fourth-order valence-corrected chi connectivity index (χ4v) is 2.03. The van der Waals surface area contributed by atoms with E-state index in [1.54, 1.807) is 23.7 Å². The highest BCUT2D eigenvalue weighted by atomic mass is 32.1. The van der Waals surface area contributed by atoms with Crippen molar-refractivity contribution in [1.82, 2.24) is 10.4 Å². The molecule has 2 amide bonds. The molecule has 7 nitrogen and oxygen atoms in total. The van der Waals surface area contributed by atoms with Gasteiger partial charge in [-0.25, -0.2) is 10.4 Å². The lowest BCUT2D eigenvalue weighted by atomic mass is 10.2. The average molecular weight is 318 g/mol. The minimum atomic E-state index is -0.357. The van der Waals surface area contributed by atoms with Crippen LogP contribution in [0.2, 0.25) is 0 Å². The van der Waals surface area contributed by atoms with Crippen LogP contribution in [0.4, 0.5) is 5.13 Å². The van der Waals surface area contributed by atoms with Crippen molar-refractivity contribution in [2.75, 3.05) is 5.32 Å². The zero-order valence-electron chi connectivity index (χ0n) is 11.5. The third-order valence-corrected chi connectivity index (χ3v) is 3.24. The Morgan fingerprint density at radius 3 is 2.64 bits per heavy atom. The normalized spacial score (nSPS) is 10.5. The number of hydrazone groups is 1. The maximum Gasteiger partial charge on any atom is 0.240 e. The molecule has 2 rings (SSSR count). The number of nitrogens with one attached hydrogen (secondary N) is 2. The minimum absolute atomic E-state index is 0.0319. The van der Waals surface area contributed by atoms with Crippen molar-refractivity contribution in [2.24, 2.45) is 5.10 Å². The number of benzene rings is 1. The molecule has 0 aliphatic rings. The molecule has 0 aliphatic heterocycles. The highest BCUT2D eigenvalue weighted by Gasteiger charge is 2.07. The van der Waals surface area contributed by atoms with Crippen molar-refractivity contribution < 1.29 is 14.7 Å². The molecule has 3 N–H and O–H groups in total. The van der Waals surface area contributed by atoms with Crippen LogP contribution in [0.25, 0.3) is 0 Å². The summed E-state index contributed by atoms with van der Waals surface area (Å²) in [6, 6.07) is 6.36. The molecule has 8 heteroatoms. The van der Waals surface area contributed by atoms with Crippen molar-refractivity contribution in [1.29, 1.82) is 0 Å². The minimum Gasteiger partial charge on any atom is -0.508 e. The third-order valence-electron chi connectivity index (χ3n) is 2.55. The molecule has 0 atom stereocenters. The summed E-state index contributed by atoms with van der Waals surface area (Å²) >= 11 is 1.31. The van der Waals surface area contributed by atoms with Gasteiger partial charge in [-0.3, -0.25) is 9.59 Å². The molecule has 22 heavy (non-hydrogen) atoms. The number of hydrogen-bond donors (Lipinski definition) is 3. The first kappa shape index (κ1) is 15.6. The quantitative estimate of drug-likeness (QED) is 0.557. The Morgan fingerprint density at radius 1 is 1.23 bits per heavy atom. The van der Waals surface area contributed by atoms with Crippen LogP contribution in [0.5, 0.6) is 5.75 Å². The topological polar surface area (TPSA) is 104 Å². The number of aromatic nitrogens is 1. The van der Waals surface area contributed by atoms with E-state index < -0.39 is 0 Å². The first-order chi connectivity index (χ1) is 10.6. The molecule has 1 aromatic heterocycles. The summed E-state index contributed by atoms with van der Waals surface area (Å²) in [7, 11) is 0. The SMILES string of the molecule is O=C(CCC(=O)Nc1nccs1)N/N=C/c1ccc(O)cc1. The summed E-state index contributed by atoms with van der Waals surface area (Å²) in [4.78, 5) is 27.0. The second kappa shape index (κ2) is 7.89. The van der Waals surface area contributed by atoms with Crippen molar-refractivity contribution in [3.05, 3.63) is 41.4 Å². The molecule has 0 aliphatic carbocycles. The van der Waals surface area contributed by atoms with E-state index >= 15 is 0 Å². The fourth-order valence-electron chi connectivity index (χ4n) is 1.49. The van der Waals surface area contributed by atoms with E-state index in [1.807, 2.05) is 0 Å². The van der Waals surface area contributed by atoms with Crippen molar-refractivity contribution in [3.8, 4) is 5.75 Å². The van der Waals surface area contributed by atoms with Gasteiger partial charge in [0.25, 0.3) is 0 Å². The van der Waals surface area contributed by atoms with Crippen molar-refractivity contribution >= 4 is 34.5 Å². The van der Waals surface area contributed by atoms with Gasteiger partial charge in [0.15, 0.2) is 5.13 Å². The van der Waals surface area contributed by atoms with Crippen molar-refractivity contribution in [3.63, 3.8) is 0 Å². The Hall–Kier alpha value is -2.74. The Balaban J connectivity index is 1.69. The summed E-state index contributed by atoms with van der Waals surface area (Å²) in [5.41, 5.74) is 3.07. The molecule has 0 saturated heterocycles. The molecule has 0 radical (unpaired) electrons. The molecular formula is C14H14N4O3S. The van der Waals surface area contributed by atoms with Crippen LogP contribution in [-0.2, 0) is 9.59 Å². The highest BCUT2D eigenvalue weighted by molar-refractivity contribution is 7.13. The van der Waals surface area contributed by atoms with Gasteiger partial charge in [0.2, 0.25) is 11.8 Å². The van der Waals surface area contributed by atoms with E-state index in [4.69, 9.17) is 5.11 Å². The molecule has 1 aromatic carbocycles. The average Bonchev–Trinajstić information content (AvgIpc) is 3.00. The number of amides is 2. The number of nitrogens with zero attached hydrogens (tertiary/aromatic N) is 2. The molecule has 0 saturated carbocycles. The van der Waals surface area contributed by atoms with Crippen LogP contribution in [-0.4, -0.2) is 28.1 Å². The molecule has 0 fully saturated rings. The lowest BCUT2D eigenvalue weighted by molar-refractivity contribution is -0.124. The number of anilines is 1. The molecule has 1 heterocycles. The van der Waals surface area contributed by atoms with Gasteiger partial charge in [-0.05, 0) is 29.8 Å². The number of rotatable bonds is 6. The zero-order valence-corrected chi connectivity index (χ0v) is 12.3.